The number of benzene rings is 1. The van der Waals surface area contributed by atoms with Crippen LogP contribution < -0.4 is 5.73 Å². The molecule has 0 fully saturated rings. The van der Waals surface area contributed by atoms with E-state index in [1.165, 1.54) is 4.68 Å². The smallest absolute Gasteiger partial charge is 0.249 e. The summed E-state index contributed by atoms with van der Waals surface area (Å²) in [5, 5.41) is 21.2. The van der Waals surface area contributed by atoms with Gasteiger partial charge in [0.1, 0.15) is 0 Å². The number of hydrogen-bond donors (Lipinski definition) is 2. The maximum Gasteiger partial charge on any atom is 0.249 e. The number of amides is 1. The van der Waals surface area contributed by atoms with Gasteiger partial charge in [-0.25, -0.2) is 0 Å². The summed E-state index contributed by atoms with van der Waals surface area (Å²) in [5.41, 5.74) is 9.63. The fourth-order valence-corrected chi connectivity index (χ4v) is 2.90. The Kier molecular flexibility index (Phi) is 4.77. The summed E-state index contributed by atoms with van der Waals surface area (Å²) < 4.78 is 1.53. The third-order valence-corrected chi connectivity index (χ3v) is 4.25. The average Bonchev–Trinajstić information content (AvgIpc) is 3.06. The highest BCUT2D eigenvalue weighted by Gasteiger charge is 2.22. The number of aromatic nitrogens is 5. The van der Waals surface area contributed by atoms with Crippen LogP contribution in [0.15, 0.2) is 30.5 Å². The molecule has 0 bridgehead atoms. The Morgan fingerprint density at radius 1 is 1.31 bits per heavy atom. The predicted octanol–water partition coefficient (Wildman–Crippen LogP) is 1.54. The number of nitrogens with zero attached hydrogens (tertiary/aromatic N) is 5. The van der Waals surface area contributed by atoms with Crippen molar-refractivity contribution in [2.75, 3.05) is 6.61 Å². The summed E-state index contributed by atoms with van der Waals surface area (Å²) >= 11 is 0. The Labute approximate surface area is 150 Å². The normalized spacial score (nSPS) is 12.2. The van der Waals surface area contributed by atoms with Crippen LogP contribution in [0.25, 0.3) is 16.9 Å². The molecule has 0 saturated carbocycles. The third kappa shape index (κ3) is 3.18. The average molecular weight is 352 g/mol. The van der Waals surface area contributed by atoms with Crippen LogP contribution in [-0.4, -0.2) is 42.8 Å². The highest BCUT2D eigenvalue weighted by Crippen LogP contribution is 2.33. The van der Waals surface area contributed by atoms with Crippen LogP contribution in [0.3, 0.4) is 0 Å². The molecule has 0 aliphatic heterocycles. The second-order valence-corrected chi connectivity index (χ2v) is 6.26. The number of primary amides is 1. The molecule has 0 aliphatic carbocycles. The maximum atomic E-state index is 12.1. The van der Waals surface area contributed by atoms with Gasteiger partial charge in [-0.15, -0.1) is 5.10 Å². The number of carbonyl (C=O) groups excluding carboxylic acids is 1. The summed E-state index contributed by atoms with van der Waals surface area (Å²) in [5.74, 6) is -0.299. The fraction of sp³-hybridized carbons (Fsp3) is 0.278. The Bertz CT molecular complexity index is 949. The van der Waals surface area contributed by atoms with Crippen molar-refractivity contribution in [3.63, 3.8) is 0 Å². The number of rotatable bonds is 5. The predicted molar refractivity (Wildman–Crippen MR) is 95.9 cm³/mol. The maximum absolute atomic E-state index is 12.1. The number of aryl methyl sites for hydroxylation is 2. The fourth-order valence-electron chi connectivity index (χ4n) is 2.90. The summed E-state index contributed by atoms with van der Waals surface area (Å²) in [4.78, 5) is 16.6. The van der Waals surface area contributed by atoms with Gasteiger partial charge in [0.25, 0.3) is 0 Å². The molecule has 0 saturated heterocycles. The van der Waals surface area contributed by atoms with Crippen LogP contribution >= 0.6 is 0 Å². The lowest BCUT2D eigenvalue weighted by Crippen LogP contribution is -2.18. The van der Waals surface area contributed by atoms with E-state index < -0.39 is 5.91 Å². The molecule has 1 atom stereocenters. The van der Waals surface area contributed by atoms with E-state index in [2.05, 4.69) is 20.5 Å². The monoisotopic (exact) mass is 352 g/mol. The zero-order valence-corrected chi connectivity index (χ0v) is 14.8. The summed E-state index contributed by atoms with van der Waals surface area (Å²) in [6, 6.07) is 7.31. The van der Waals surface area contributed by atoms with Crippen LogP contribution in [0.4, 0.5) is 0 Å². The van der Waals surface area contributed by atoms with Crippen LogP contribution in [-0.2, 0) is 0 Å². The minimum atomic E-state index is -0.582. The van der Waals surface area contributed by atoms with E-state index in [-0.39, 0.29) is 12.5 Å². The van der Waals surface area contributed by atoms with Gasteiger partial charge in [-0.3, -0.25) is 9.78 Å². The number of carbonyl (C=O) groups is 1. The highest BCUT2D eigenvalue weighted by molar-refractivity contribution is 5.97. The molecule has 1 aromatic carbocycles. The molecule has 3 aromatic rings. The number of nitrogens with two attached hydrogens (primary N) is 1. The van der Waals surface area contributed by atoms with E-state index in [0.29, 0.717) is 33.9 Å². The van der Waals surface area contributed by atoms with E-state index in [0.717, 1.165) is 5.56 Å². The standard InChI is InChI=1S/C18H20N6O2/c1-10-4-5-16(20-8-10)14-6-13(24-12(3)21-22-23-24)7-15(18(19)26)17(14)11(2)9-25/h4-8,11,25H,9H2,1-3H3,(H2,19,26)/t11-/m1/s1. The van der Waals surface area contributed by atoms with Crippen LogP contribution in [0.5, 0.6) is 0 Å². The zero-order valence-electron chi connectivity index (χ0n) is 14.8. The molecule has 0 spiro atoms. The molecule has 134 valence electrons. The minimum Gasteiger partial charge on any atom is -0.396 e. The molecular weight excluding hydrogens is 332 g/mol. The quantitative estimate of drug-likeness (QED) is 0.718. The number of aliphatic hydroxyl groups excluding tert-OH is 1. The molecular formula is C18H20N6O2. The van der Waals surface area contributed by atoms with Gasteiger partial charge in [-0.2, -0.15) is 4.68 Å². The number of tetrazole rings is 1. The molecule has 8 nitrogen and oxygen atoms in total. The Morgan fingerprint density at radius 3 is 2.62 bits per heavy atom. The molecule has 1 amide bonds. The van der Waals surface area contributed by atoms with Gasteiger partial charge >= 0.3 is 0 Å². The van der Waals surface area contributed by atoms with Crippen molar-refractivity contribution in [3.8, 4) is 16.9 Å². The molecule has 2 aromatic heterocycles. The van der Waals surface area contributed by atoms with Crippen molar-refractivity contribution in [2.24, 2.45) is 5.73 Å². The topological polar surface area (TPSA) is 120 Å². The molecule has 3 N–H and O–H groups in total. The first-order chi connectivity index (χ1) is 12.4. The van der Waals surface area contributed by atoms with Crippen molar-refractivity contribution in [3.05, 3.63) is 53.0 Å². The first kappa shape index (κ1) is 17.7. The van der Waals surface area contributed by atoms with Gasteiger partial charge in [-0.1, -0.05) is 13.0 Å². The molecule has 0 unspecified atom stereocenters. The van der Waals surface area contributed by atoms with Gasteiger partial charge in [0.15, 0.2) is 5.82 Å². The first-order valence-corrected chi connectivity index (χ1v) is 8.19. The second kappa shape index (κ2) is 7.01. The first-order valence-electron chi connectivity index (χ1n) is 8.19. The van der Waals surface area contributed by atoms with Gasteiger partial charge in [0.2, 0.25) is 5.91 Å². The van der Waals surface area contributed by atoms with Crippen molar-refractivity contribution in [1.29, 1.82) is 0 Å². The lowest BCUT2D eigenvalue weighted by molar-refractivity contribution is 0.0998. The third-order valence-electron chi connectivity index (χ3n) is 4.25. The van der Waals surface area contributed by atoms with Crippen molar-refractivity contribution >= 4 is 5.91 Å². The number of hydrogen-bond acceptors (Lipinski definition) is 6. The molecule has 3 rings (SSSR count). The largest absolute Gasteiger partial charge is 0.396 e. The lowest BCUT2D eigenvalue weighted by atomic mass is 9.88. The molecule has 0 aliphatic rings. The summed E-state index contributed by atoms with van der Waals surface area (Å²) in [7, 11) is 0. The van der Waals surface area contributed by atoms with E-state index in [1.807, 2.05) is 32.0 Å². The van der Waals surface area contributed by atoms with Gasteiger partial charge < -0.3 is 10.8 Å². The lowest BCUT2D eigenvalue weighted by Gasteiger charge is -2.19. The van der Waals surface area contributed by atoms with Crippen LogP contribution in [0.1, 0.15) is 40.2 Å². The van der Waals surface area contributed by atoms with E-state index in [4.69, 9.17) is 5.73 Å². The van der Waals surface area contributed by atoms with E-state index in [9.17, 15) is 9.90 Å². The number of pyridine rings is 1. The molecule has 2 heterocycles. The zero-order chi connectivity index (χ0) is 18.8. The molecule has 0 radical (unpaired) electrons. The van der Waals surface area contributed by atoms with Crippen LogP contribution in [0, 0.1) is 13.8 Å². The van der Waals surface area contributed by atoms with Gasteiger partial charge in [0, 0.05) is 29.8 Å². The van der Waals surface area contributed by atoms with E-state index in [1.54, 1.807) is 19.2 Å². The minimum absolute atomic E-state index is 0.123. The van der Waals surface area contributed by atoms with Gasteiger partial charge in [-0.05, 0) is 53.6 Å². The number of aliphatic hydroxyl groups is 1. The van der Waals surface area contributed by atoms with Gasteiger partial charge in [0.05, 0.1) is 11.4 Å². The van der Waals surface area contributed by atoms with Crippen LogP contribution in [0.2, 0.25) is 0 Å². The van der Waals surface area contributed by atoms with Crippen molar-refractivity contribution in [1.82, 2.24) is 25.2 Å². The van der Waals surface area contributed by atoms with Crippen molar-refractivity contribution < 1.29 is 9.90 Å². The Hall–Kier alpha value is -3.13. The summed E-state index contributed by atoms with van der Waals surface area (Å²) in [6.45, 7) is 5.42. The second-order valence-electron chi connectivity index (χ2n) is 6.26. The van der Waals surface area contributed by atoms with Crippen molar-refractivity contribution in [2.45, 2.75) is 26.7 Å². The Balaban J connectivity index is 2.34. The Morgan fingerprint density at radius 2 is 2.08 bits per heavy atom. The molecule has 8 heteroatoms. The SMILES string of the molecule is Cc1ccc(-c2cc(-n3nnnc3C)cc(C(N)=O)c2[C@H](C)CO)nc1. The highest BCUT2D eigenvalue weighted by atomic mass is 16.3. The molecule has 26 heavy (non-hydrogen) atoms. The summed E-state index contributed by atoms with van der Waals surface area (Å²) in [6.07, 6.45) is 1.75. The van der Waals surface area contributed by atoms with E-state index >= 15 is 0 Å².